The van der Waals surface area contributed by atoms with Crippen LogP contribution in [0, 0.1) is 0 Å². The number of carboxylic acid groups (broad SMARTS) is 1. The van der Waals surface area contributed by atoms with Gasteiger partial charge in [-0.3, -0.25) is 4.79 Å². The van der Waals surface area contributed by atoms with Crippen molar-refractivity contribution in [2.24, 2.45) is 0 Å². The van der Waals surface area contributed by atoms with Gasteiger partial charge in [0.15, 0.2) is 0 Å². The van der Waals surface area contributed by atoms with Crippen molar-refractivity contribution in [2.75, 3.05) is 0 Å². The Bertz CT molecular complexity index is 98.2. The maximum Gasteiger partial charge on any atom is 0.300 e. The Morgan fingerprint density at radius 2 is 1.70 bits per heavy atom. The minimum Gasteiger partial charge on any atom is -0.481 e. The van der Waals surface area contributed by atoms with Gasteiger partial charge in [0.1, 0.15) is 0 Å². The van der Waals surface area contributed by atoms with Gasteiger partial charge >= 0.3 is 0 Å². The molecule has 3 nitrogen and oxygen atoms in total. The summed E-state index contributed by atoms with van der Waals surface area (Å²) in [6.07, 6.45) is 1.36. The van der Waals surface area contributed by atoms with E-state index in [1.807, 2.05) is 0 Å². The lowest BCUT2D eigenvalue weighted by Gasteiger charge is -2.31. The van der Waals surface area contributed by atoms with E-state index in [1.54, 1.807) is 0 Å². The van der Waals surface area contributed by atoms with Crippen LogP contribution in [-0.4, -0.2) is 23.2 Å². The van der Waals surface area contributed by atoms with Crippen LogP contribution >= 0.6 is 0 Å². The molecule has 1 aliphatic heterocycles. The van der Waals surface area contributed by atoms with Crippen LogP contribution in [0.3, 0.4) is 0 Å². The Morgan fingerprint density at radius 3 is 1.70 bits per heavy atom. The van der Waals surface area contributed by atoms with Crippen LogP contribution in [0.1, 0.15) is 27.2 Å². The molecule has 1 heterocycles. The fraction of sp³-hybridized carbons (Fsp3) is 0.857. The molecule has 0 unspecified atom stereocenters. The molecular formula is C7H15NO2. The predicted molar refractivity (Wildman–Crippen MR) is 40.0 cm³/mol. The normalized spacial score (nSPS) is 29.5. The standard InChI is InChI=1S/C5H11N.C2H4O2/c1-4-3-5(2)6-4;1-2(3)4/h4-6H,3H2,1-2H3;1H3,(H,3,4)/t4-,5-;/m1./s1. The van der Waals surface area contributed by atoms with Gasteiger partial charge in [-0.05, 0) is 20.3 Å². The zero-order chi connectivity index (χ0) is 8.15. The zero-order valence-electron chi connectivity index (χ0n) is 6.72. The highest BCUT2D eigenvalue weighted by molar-refractivity contribution is 5.62. The smallest absolute Gasteiger partial charge is 0.300 e. The van der Waals surface area contributed by atoms with Crippen molar-refractivity contribution in [3.05, 3.63) is 0 Å². The number of rotatable bonds is 0. The Hall–Kier alpha value is -0.570. The summed E-state index contributed by atoms with van der Waals surface area (Å²) in [7, 11) is 0. The maximum absolute atomic E-state index is 9.00. The van der Waals surface area contributed by atoms with Gasteiger partial charge in [0.2, 0.25) is 0 Å². The minimum absolute atomic E-state index is 0.792. The molecule has 10 heavy (non-hydrogen) atoms. The topological polar surface area (TPSA) is 49.3 Å². The first-order chi connectivity index (χ1) is 4.52. The van der Waals surface area contributed by atoms with Crippen molar-refractivity contribution < 1.29 is 9.90 Å². The summed E-state index contributed by atoms with van der Waals surface area (Å²) >= 11 is 0. The molecule has 0 bridgehead atoms. The summed E-state index contributed by atoms with van der Waals surface area (Å²) in [6.45, 7) is 5.50. The zero-order valence-corrected chi connectivity index (χ0v) is 6.72. The average Bonchev–Trinajstić information content (AvgIpc) is 1.60. The fourth-order valence-electron chi connectivity index (χ4n) is 0.992. The van der Waals surface area contributed by atoms with E-state index in [0.29, 0.717) is 0 Å². The van der Waals surface area contributed by atoms with Crippen molar-refractivity contribution in [2.45, 2.75) is 39.3 Å². The highest BCUT2D eigenvalue weighted by atomic mass is 16.4. The first-order valence-electron chi connectivity index (χ1n) is 3.48. The lowest BCUT2D eigenvalue weighted by molar-refractivity contribution is -0.134. The summed E-state index contributed by atoms with van der Waals surface area (Å²) < 4.78 is 0. The van der Waals surface area contributed by atoms with Crippen molar-refractivity contribution >= 4 is 5.97 Å². The molecule has 1 rings (SSSR count). The lowest BCUT2D eigenvalue weighted by atomic mass is 10.0. The first kappa shape index (κ1) is 9.43. The average molecular weight is 145 g/mol. The molecule has 0 saturated carbocycles. The summed E-state index contributed by atoms with van der Waals surface area (Å²) in [5, 5.41) is 10.7. The molecule has 60 valence electrons. The number of carboxylic acids is 1. The van der Waals surface area contributed by atoms with Gasteiger partial charge in [-0.1, -0.05) is 0 Å². The van der Waals surface area contributed by atoms with E-state index in [4.69, 9.17) is 9.90 Å². The van der Waals surface area contributed by atoms with Gasteiger partial charge in [-0.15, -0.1) is 0 Å². The van der Waals surface area contributed by atoms with E-state index in [0.717, 1.165) is 19.0 Å². The molecule has 0 amide bonds. The largest absolute Gasteiger partial charge is 0.481 e. The van der Waals surface area contributed by atoms with E-state index in [1.165, 1.54) is 6.42 Å². The summed E-state index contributed by atoms with van der Waals surface area (Å²) in [6, 6.07) is 1.58. The monoisotopic (exact) mass is 145 g/mol. The van der Waals surface area contributed by atoms with Crippen LogP contribution in [0.4, 0.5) is 0 Å². The molecule has 1 aliphatic rings. The molecule has 0 aromatic carbocycles. The number of nitrogens with one attached hydrogen (secondary N) is 1. The molecule has 2 atom stereocenters. The van der Waals surface area contributed by atoms with Gasteiger partial charge in [0.05, 0.1) is 0 Å². The molecule has 3 heteroatoms. The van der Waals surface area contributed by atoms with E-state index in [-0.39, 0.29) is 0 Å². The molecule has 1 fully saturated rings. The number of carbonyl (C=O) groups is 1. The van der Waals surface area contributed by atoms with Crippen molar-refractivity contribution in [3.63, 3.8) is 0 Å². The van der Waals surface area contributed by atoms with Gasteiger partial charge < -0.3 is 10.4 Å². The van der Waals surface area contributed by atoms with Gasteiger partial charge in [0, 0.05) is 19.0 Å². The quantitative estimate of drug-likeness (QED) is 0.531. The fourth-order valence-corrected chi connectivity index (χ4v) is 0.992. The highest BCUT2D eigenvalue weighted by Gasteiger charge is 2.17. The molecule has 0 aromatic heterocycles. The van der Waals surface area contributed by atoms with E-state index in [9.17, 15) is 0 Å². The summed E-state index contributed by atoms with van der Waals surface area (Å²) in [4.78, 5) is 9.00. The number of hydrogen-bond acceptors (Lipinski definition) is 2. The van der Waals surface area contributed by atoms with Crippen LogP contribution in [-0.2, 0) is 4.79 Å². The second-order valence-corrected chi connectivity index (χ2v) is 2.72. The van der Waals surface area contributed by atoms with Crippen molar-refractivity contribution in [1.82, 2.24) is 5.32 Å². The molecule has 0 spiro atoms. The van der Waals surface area contributed by atoms with Crippen LogP contribution in [0.25, 0.3) is 0 Å². The predicted octanol–water partition coefficient (Wildman–Crippen LogP) is 0.848. The van der Waals surface area contributed by atoms with E-state index < -0.39 is 5.97 Å². The summed E-state index contributed by atoms with van der Waals surface area (Å²) in [5.41, 5.74) is 0. The maximum atomic E-state index is 9.00. The third-order valence-corrected chi connectivity index (χ3v) is 1.28. The SMILES string of the molecule is CC(=O)O.C[C@@H]1C[C@@H](C)N1. The molecule has 0 aromatic rings. The van der Waals surface area contributed by atoms with Gasteiger partial charge in [0.25, 0.3) is 5.97 Å². The molecule has 0 radical (unpaired) electrons. The Balaban J connectivity index is 0.000000180. The highest BCUT2D eigenvalue weighted by Crippen LogP contribution is 2.07. The van der Waals surface area contributed by atoms with E-state index in [2.05, 4.69) is 19.2 Å². The van der Waals surface area contributed by atoms with Crippen LogP contribution in [0.5, 0.6) is 0 Å². The molecular weight excluding hydrogens is 130 g/mol. The molecule has 1 saturated heterocycles. The third kappa shape index (κ3) is 5.56. The second-order valence-electron chi connectivity index (χ2n) is 2.72. The van der Waals surface area contributed by atoms with Crippen LogP contribution < -0.4 is 5.32 Å². The van der Waals surface area contributed by atoms with Crippen molar-refractivity contribution in [3.8, 4) is 0 Å². The van der Waals surface area contributed by atoms with Gasteiger partial charge in [-0.25, -0.2) is 0 Å². The molecule has 2 N–H and O–H groups in total. The van der Waals surface area contributed by atoms with Crippen LogP contribution in [0.15, 0.2) is 0 Å². The van der Waals surface area contributed by atoms with Crippen LogP contribution in [0.2, 0.25) is 0 Å². The Kier molecular flexibility index (Phi) is 4.03. The Morgan fingerprint density at radius 1 is 1.50 bits per heavy atom. The minimum atomic E-state index is -0.833. The lowest BCUT2D eigenvalue weighted by Crippen LogP contribution is -2.48. The molecule has 0 aliphatic carbocycles. The van der Waals surface area contributed by atoms with Crippen molar-refractivity contribution in [1.29, 1.82) is 0 Å². The first-order valence-corrected chi connectivity index (χ1v) is 3.48. The number of hydrogen-bond donors (Lipinski definition) is 2. The van der Waals surface area contributed by atoms with E-state index >= 15 is 0 Å². The third-order valence-electron chi connectivity index (χ3n) is 1.28. The summed E-state index contributed by atoms with van der Waals surface area (Å²) in [5.74, 6) is -0.833. The number of aliphatic carboxylic acids is 1. The van der Waals surface area contributed by atoms with Gasteiger partial charge in [-0.2, -0.15) is 0 Å². The second kappa shape index (κ2) is 4.28. The Labute approximate surface area is 61.4 Å².